The normalized spacial score (nSPS) is 18.4. The van der Waals surface area contributed by atoms with Gasteiger partial charge in [-0.25, -0.2) is 4.79 Å². The average molecular weight is 200 g/mol. The highest BCUT2D eigenvalue weighted by Crippen LogP contribution is 2.28. The van der Waals surface area contributed by atoms with Crippen LogP contribution in [0.3, 0.4) is 0 Å². The standard InChI is InChI=1S/C9H16N2O3/c1-9(2)5-11(6-9)7(12)4-10-8(13)14-3/h4-6H2,1-3H3,(H,10,13). The lowest BCUT2D eigenvalue weighted by Crippen LogP contribution is -2.57. The molecule has 0 atom stereocenters. The van der Waals surface area contributed by atoms with Gasteiger partial charge in [-0.05, 0) is 5.41 Å². The molecule has 1 aliphatic heterocycles. The molecule has 1 saturated heterocycles. The van der Waals surface area contributed by atoms with Crippen LogP contribution in [0, 0.1) is 5.41 Å². The minimum atomic E-state index is -0.571. The Bertz CT molecular complexity index is 242. The van der Waals surface area contributed by atoms with Crippen LogP contribution < -0.4 is 5.32 Å². The van der Waals surface area contributed by atoms with Gasteiger partial charge in [0, 0.05) is 13.1 Å². The van der Waals surface area contributed by atoms with Crippen molar-refractivity contribution in [3.05, 3.63) is 0 Å². The summed E-state index contributed by atoms with van der Waals surface area (Å²) < 4.78 is 4.35. The van der Waals surface area contributed by atoms with Crippen LogP contribution in [0.5, 0.6) is 0 Å². The van der Waals surface area contributed by atoms with Crippen LogP contribution in [0.2, 0.25) is 0 Å². The summed E-state index contributed by atoms with van der Waals surface area (Å²) in [6.45, 7) is 5.74. The molecule has 0 saturated carbocycles. The summed E-state index contributed by atoms with van der Waals surface area (Å²) in [5.41, 5.74) is 0.223. The minimum Gasteiger partial charge on any atom is -0.453 e. The molecule has 5 heteroatoms. The van der Waals surface area contributed by atoms with E-state index in [1.807, 2.05) is 0 Å². The minimum absolute atomic E-state index is 0.0166. The summed E-state index contributed by atoms with van der Waals surface area (Å²) >= 11 is 0. The molecule has 1 rings (SSSR count). The maximum Gasteiger partial charge on any atom is 0.407 e. The molecule has 0 aromatic heterocycles. The van der Waals surface area contributed by atoms with Gasteiger partial charge in [0.2, 0.25) is 5.91 Å². The molecule has 0 aromatic carbocycles. The number of likely N-dealkylation sites (tertiary alicyclic amines) is 1. The first-order valence-electron chi connectivity index (χ1n) is 4.54. The largest absolute Gasteiger partial charge is 0.453 e. The van der Waals surface area contributed by atoms with Crippen molar-refractivity contribution < 1.29 is 14.3 Å². The van der Waals surface area contributed by atoms with Crippen molar-refractivity contribution in [1.82, 2.24) is 10.2 Å². The first-order valence-corrected chi connectivity index (χ1v) is 4.54. The van der Waals surface area contributed by atoms with Crippen molar-refractivity contribution in [3.8, 4) is 0 Å². The number of methoxy groups -OCH3 is 1. The molecule has 80 valence electrons. The molecular weight excluding hydrogens is 184 g/mol. The van der Waals surface area contributed by atoms with E-state index in [1.165, 1.54) is 7.11 Å². The van der Waals surface area contributed by atoms with Gasteiger partial charge in [0.05, 0.1) is 7.11 Å². The summed E-state index contributed by atoms with van der Waals surface area (Å²) in [4.78, 5) is 23.8. The SMILES string of the molecule is COC(=O)NCC(=O)N1CC(C)(C)C1. The van der Waals surface area contributed by atoms with Crippen LogP contribution >= 0.6 is 0 Å². The zero-order valence-corrected chi connectivity index (χ0v) is 8.79. The zero-order valence-electron chi connectivity index (χ0n) is 8.79. The van der Waals surface area contributed by atoms with Gasteiger partial charge in [0.1, 0.15) is 6.54 Å². The first kappa shape index (κ1) is 10.8. The van der Waals surface area contributed by atoms with Gasteiger partial charge in [0.25, 0.3) is 0 Å². The molecule has 14 heavy (non-hydrogen) atoms. The lowest BCUT2D eigenvalue weighted by atomic mass is 9.84. The van der Waals surface area contributed by atoms with Gasteiger partial charge in [0.15, 0.2) is 0 Å². The molecule has 0 radical (unpaired) electrons. The smallest absolute Gasteiger partial charge is 0.407 e. The van der Waals surface area contributed by atoms with Gasteiger partial charge >= 0.3 is 6.09 Å². The number of nitrogens with zero attached hydrogens (tertiary/aromatic N) is 1. The van der Waals surface area contributed by atoms with Crippen LogP contribution in [0.4, 0.5) is 4.79 Å². The summed E-state index contributed by atoms with van der Waals surface area (Å²) in [6.07, 6.45) is -0.571. The monoisotopic (exact) mass is 200 g/mol. The lowest BCUT2D eigenvalue weighted by molar-refractivity contribution is -0.140. The second-order valence-electron chi connectivity index (χ2n) is 4.26. The van der Waals surface area contributed by atoms with E-state index in [-0.39, 0.29) is 17.9 Å². The maximum absolute atomic E-state index is 11.4. The van der Waals surface area contributed by atoms with Gasteiger partial charge < -0.3 is 15.0 Å². The number of carbonyl (C=O) groups is 2. The number of ether oxygens (including phenoxy) is 1. The number of nitrogens with one attached hydrogen (secondary N) is 1. The van der Waals surface area contributed by atoms with Crippen molar-refractivity contribution >= 4 is 12.0 Å². The van der Waals surface area contributed by atoms with Gasteiger partial charge in [-0.1, -0.05) is 13.8 Å². The molecule has 0 aliphatic carbocycles. The van der Waals surface area contributed by atoms with E-state index in [9.17, 15) is 9.59 Å². The second kappa shape index (κ2) is 3.86. The molecule has 2 amide bonds. The van der Waals surface area contributed by atoms with E-state index >= 15 is 0 Å². The molecule has 1 heterocycles. The Morgan fingerprint density at radius 1 is 1.43 bits per heavy atom. The molecule has 1 N–H and O–H groups in total. The number of hydrogen-bond donors (Lipinski definition) is 1. The van der Waals surface area contributed by atoms with Crippen molar-refractivity contribution in [2.45, 2.75) is 13.8 Å². The average Bonchev–Trinajstić information content (AvgIpc) is 2.09. The third-order valence-electron chi connectivity index (χ3n) is 2.16. The fourth-order valence-corrected chi connectivity index (χ4v) is 1.50. The summed E-state index contributed by atoms with van der Waals surface area (Å²) in [5.74, 6) is -0.0604. The third-order valence-corrected chi connectivity index (χ3v) is 2.16. The molecule has 0 aromatic rings. The van der Waals surface area contributed by atoms with E-state index in [4.69, 9.17) is 0 Å². The molecule has 1 fully saturated rings. The van der Waals surface area contributed by atoms with Crippen LogP contribution in [0.1, 0.15) is 13.8 Å². The number of amides is 2. The second-order valence-corrected chi connectivity index (χ2v) is 4.26. The molecule has 0 unspecified atom stereocenters. The van der Waals surface area contributed by atoms with E-state index in [0.29, 0.717) is 0 Å². The lowest BCUT2D eigenvalue weighted by Gasteiger charge is -2.45. The van der Waals surface area contributed by atoms with Crippen LogP contribution in [-0.4, -0.2) is 43.6 Å². The zero-order chi connectivity index (χ0) is 10.8. The highest BCUT2D eigenvalue weighted by atomic mass is 16.5. The van der Waals surface area contributed by atoms with E-state index in [2.05, 4.69) is 23.9 Å². The van der Waals surface area contributed by atoms with Crippen molar-refractivity contribution in [1.29, 1.82) is 0 Å². The Morgan fingerprint density at radius 2 is 2.00 bits per heavy atom. The van der Waals surface area contributed by atoms with Crippen molar-refractivity contribution in [2.75, 3.05) is 26.7 Å². The van der Waals surface area contributed by atoms with Gasteiger partial charge in [-0.3, -0.25) is 4.79 Å². The number of rotatable bonds is 2. The Hall–Kier alpha value is -1.26. The Kier molecular flexibility index (Phi) is 2.98. The number of alkyl carbamates (subject to hydrolysis) is 1. The maximum atomic E-state index is 11.4. The Balaban J connectivity index is 2.21. The topological polar surface area (TPSA) is 58.6 Å². The highest BCUT2D eigenvalue weighted by molar-refractivity contribution is 5.82. The van der Waals surface area contributed by atoms with Crippen LogP contribution in [0.25, 0.3) is 0 Å². The van der Waals surface area contributed by atoms with Crippen molar-refractivity contribution in [2.24, 2.45) is 5.41 Å². The number of hydrogen-bond acceptors (Lipinski definition) is 3. The number of carbonyl (C=O) groups excluding carboxylic acids is 2. The Morgan fingerprint density at radius 3 is 2.43 bits per heavy atom. The van der Waals surface area contributed by atoms with E-state index in [1.54, 1.807) is 4.90 Å². The quantitative estimate of drug-likeness (QED) is 0.693. The third kappa shape index (κ3) is 2.61. The van der Waals surface area contributed by atoms with Crippen LogP contribution in [-0.2, 0) is 9.53 Å². The Labute approximate surface area is 83.4 Å². The fourth-order valence-electron chi connectivity index (χ4n) is 1.50. The summed E-state index contributed by atoms with van der Waals surface area (Å²) in [6, 6.07) is 0. The highest BCUT2D eigenvalue weighted by Gasteiger charge is 2.36. The fraction of sp³-hybridized carbons (Fsp3) is 0.778. The molecule has 0 spiro atoms. The molecular formula is C9H16N2O3. The summed E-state index contributed by atoms with van der Waals surface area (Å²) in [5, 5.41) is 2.36. The van der Waals surface area contributed by atoms with Gasteiger partial charge in [-0.15, -0.1) is 0 Å². The molecule has 1 aliphatic rings. The van der Waals surface area contributed by atoms with Crippen molar-refractivity contribution in [3.63, 3.8) is 0 Å². The molecule has 0 bridgehead atoms. The molecule has 5 nitrogen and oxygen atoms in total. The first-order chi connectivity index (χ1) is 6.44. The van der Waals surface area contributed by atoms with Gasteiger partial charge in [-0.2, -0.15) is 0 Å². The van der Waals surface area contributed by atoms with Crippen LogP contribution in [0.15, 0.2) is 0 Å². The van der Waals surface area contributed by atoms with E-state index in [0.717, 1.165) is 13.1 Å². The predicted octanol–water partition coefficient (Wildman–Crippen LogP) is 0.211. The summed E-state index contributed by atoms with van der Waals surface area (Å²) in [7, 11) is 1.27. The predicted molar refractivity (Wildman–Crippen MR) is 50.8 cm³/mol. The van der Waals surface area contributed by atoms with E-state index < -0.39 is 6.09 Å².